The average molecular weight is 598 g/mol. The van der Waals surface area contributed by atoms with Crippen molar-refractivity contribution >= 4 is 29.5 Å². The minimum atomic E-state index is -5.08. The number of methoxy groups -OCH3 is 2. The van der Waals surface area contributed by atoms with Crippen molar-refractivity contribution in [3.63, 3.8) is 0 Å². The van der Waals surface area contributed by atoms with E-state index >= 15 is 0 Å². The van der Waals surface area contributed by atoms with Crippen molar-refractivity contribution in [1.29, 1.82) is 0 Å². The molecule has 0 aromatic heterocycles. The third-order valence-electron chi connectivity index (χ3n) is 5.84. The number of aliphatic carboxylic acids is 1. The second-order valence-corrected chi connectivity index (χ2v) is 8.91. The minimum absolute atomic E-state index is 0.0148. The molecule has 1 aliphatic rings. The van der Waals surface area contributed by atoms with Crippen LogP contribution in [0.3, 0.4) is 0 Å². The lowest BCUT2D eigenvalue weighted by Crippen LogP contribution is -2.52. The molecule has 0 bridgehead atoms. The number of alkyl halides is 3. The topological polar surface area (TPSA) is 153 Å². The summed E-state index contributed by atoms with van der Waals surface area (Å²) >= 11 is 0. The third-order valence-corrected chi connectivity index (χ3v) is 5.84. The lowest BCUT2D eigenvalue weighted by Gasteiger charge is -2.36. The predicted octanol–water partition coefficient (Wildman–Crippen LogP) is 2.38. The standard InChI is InChI=1S/C25H33N5O5.C2HF3O2/c1-34-15-10-26-23(31)18-29-11-13-30(14-12-29)25(27-17-19-4-3-5-22(16-19)35-2)28-21-8-6-20(7-9-21)24(32)33;3-2(4,5)1(6)7/h3-9,16H,10-15,17-18H2,1-2H3,(H,26,31)(H,27,28)(H,32,33);(H,6,7). The maximum absolute atomic E-state index is 12.1. The first kappa shape index (κ1) is 33.8. The molecule has 2 aromatic carbocycles. The Morgan fingerprint density at radius 2 is 1.64 bits per heavy atom. The summed E-state index contributed by atoms with van der Waals surface area (Å²) in [5.74, 6) is -2.27. The van der Waals surface area contributed by atoms with Gasteiger partial charge in [-0.1, -0.05) is 12.1 Å². The number of anilines is 1. The monoisotopic (exact) mass is 597 g/mol. The number of carbonyl (C=O) groups is 3. The lowest BCUT2D eigenvalue weighted by atomic mass is 10.2. The zero-order valence-corrected chi connectivity index (χ0v) is 23.2. The van der Waals surface area contributed by atoms with Crippen molar-refractivity contribution in [3.05, 3.63) is 59.7 Å². The van der Waals surface area contributed by atoms with E-state index in [1.165, 1.54) is 0 Å². The molecule has 4 N–H and O–H groups in total. The average Bonchev–Trinajstić information content (AvgIpc) is 2.96. The van der Waals surface area contributed by atoms with Gasteiger partial charge in [-0.25, -0.2) is 14.6 Å². The number of piperazine rings is 1. The van der Waals surface area contributed by atoms with E-state index in [-0.39, 0.29) is 11.5 Å². The summed E-state index contributed by atoms with van der Waals surface area (Å²) in [5.41, 5.74) is 1.98. The van der Waals surface area contributed by atoms with Gasteiger partial charge in [-0.05, 0) is 42.0 Å². The van der Waals surface area contributed by atoms with E-state index in [9.17, 15) is 22.8 Å². The number of rotatable bonds is 10. The van der Waals surface area contributed by atoms with Gasteiger partial charge in [0, 0.05) is 45.5 Å². The summed E-state index contributed by atoms with van der Waals surface area (Å²) in [6.45, 7) is 4.62. The number of hydrogen-bond acceptors (Lipinski definition) is 7. The first-order valence-corrected chi connectivity index (χ1v) is 12.7. The molecule has 1 aliphatic heterocycles. The van der Waals surface area contributed by atoms with Crippen LogP contribution in [0.25, 0.3) is 0 Å². The van der Waals surface area contributed by atoms with E-state index in [2.05, 4.69) is 20.4 Å². The fourth-order valence-electron chi connectivity index (χ4n) is 3.65. The summed E-state index contributed by atoms with van der Waals surface area (Å²) < 4.78 is 42.0. The Hall–Kier alpha value is -4.37. The van der Waals surface area contributed by atoms with Crippen LogP contribution in [0.5, 0.6) is 5.75 Å². The molecule has 0 radical (unpaired) electrons. The van der Waals surface area contributed by atoms with Gasteiger partial charge in [-0.15, -0.1) is 0 Å². The molecule has 0 unspecified atom stereocenters. The van der Waals surface area contributed by atoms with Gasteiger partial charge in [0.05, 0.1) is 32.4 Å². The van der Waals surface area contributed by atoms with Crippen LogP contribution < -0.4 is 15.4 Å². The van der Waals surface area contributed by atoms with Crippen molar-refractivity contribution in [2.24, 2.45) is 4.99 Å². The first-order valence-electron chi connectivity index (χ1n) is 12.7. The van der Waals surface area contributed by atoms with Crippen molar-refractivity contribution in [1.82, 2.24) is 15.1 Å². The number of carbonyl (C=O) groups excluding carboxylic acids is 1. The van der Waals surface area contributed by atoms with Gasteiger partial charge in [-0.3, -0.25) is 9.69 Å². The van der Waals surface area contributed by atoms with Crippen molar-refractivity contribution in [2.45, 2.75) is 12.7 Å². The Bertz CT molecular complexity index is 1200. The van der Waals surface area contributed by atoms with Gasteiger partial charge < -0.3 is 35.2 Å². The molecule has 1 saturated heterocycles. The molecule has 0 saturated carbocycles. The van der Waals surface area contributed by atoms with Crippen LogP contribution in [0, 0.1) is 0 Å². The quantitative estimate of drug-likeness (QED) is 0.182. The Balaban J connectivity index is 0.000000782. The number of aliphatic imine (C=N–C) groups is 1. The summed E-state index contributed by atoms with van der Waals surface area (Å²) in [5, 5.41) is 22.5. The van der Waals surface area contributed by atoms with Crippen LogP contribution in [-0.4, -0.2) is 110 Å². The van der Waals surface area contributed by atoms with Crippen molar-refractivity contribution in [2.75, 3.05) is 65.4 Å². The molecule has 1 amide bonds. The Labute approximate surface area is 240 Å². The fourth-order valence-corrected chi connectivity index (χ4v) is 3.65. The molecule has 1 fully saturated rings. The SMILES string of the molecule is COCCNC(=O)CN1CCN(C(=NCc2cccc(OC)c2)Nc2ccc(C(=O)O)cc2)CC1.O=C(O)C(F)(F)F. The lowest BCUT2D eigenvalue weighted by molar-refractivity contribution is -0.192. The van der Waals surface area contributed by atoms with E-state index < -0.39 is 18.1 Å². The van der Waals surface area contributed by atoms with E-state index in [0.717, 1.165) is 30.1 Å². The number of benzene rings is 2. The van der Waals surface area contributed by atoms with Crippen LogP contribution in [-0.2, 0) is 20.9 Å². The second kappa shape index (κ2) is 16.8. The van der Waals surface area contributed by atoms with Crippen LogP contribution in [0.1, 0.15) is 15.9 Å². The van der Waals surface area contributed by atoms with Crippen molar-refractivity contribution < 1.29 is 47.2 Å². The van der Waals surface area contributed by atoms with Gasteiger partial charge in [0.25, 0.3) is 0 Å². The van der Waals surface area contributed by atoms with Crippen LogP contribution in [0.2, 0.25) is 0 Å². The zero-order valence-electron chi connectivity index (χ0n) is 23.2. The maximum Gasteiger partial charge on any atom is 0.490 e. The molecule has 1 heterocycles. The molecule has 2 aromatic rings. The summed E-state index contributed by atoms with van der Waals surface area (Å²) in [6, 6.07) is 14.3. The number of guanidine groups is 1. The molecule has 15 heteroatoms. The number of ether oxygens (including phenoxy) is 2. The highest BCUT2D eigenvalue weighted by molar-refractivity contribution is 5.94. The molecule has 42 heavy (non-hydrogen) atoms. The van der Waals surface area contributed by atoms with Crippen LogP contribution in [0.15, 0.2) is 53.5 Å². The number of carboxylic acid groups (broad SMARTS) is 2. The first-order chi connectivity index (χ1) is 19.9. The summed E-state index contributed by atoms with van der Waals surface area (Å²) in [7, 11) is 3.24. The van der Waals surface area contributed by atoms with E-state index in [1.807, 2.05) is 24.3 Å². The molecule has 0 atom stereocenters. The Kier molecular flexibility index (Phi) is 13.5. The summed E-state index contributed by atoms with van der Waals surface area (Å²) in [4.78, 5) is 41.3. The maximum atomic E-state index is 12.1. The van der Waals surface area contributed by atoms with E-state index in [4.69, 9.17) is 29.5 Å². The largest absolute Gasteiger partial charge is 0.497 e. The predicted molar refractivity (Wildman–Crippen MR) is 148 cm³/mol. The van der Waals surface area contributed by atoms with E-state index in [0.29, 0.717) is 45.3 Å². The minimum Gasteiger partial charge on any atom is -0.497 e. The van der Waals surface area contributed by atoms with Crippen LogP contribution >= 0.6 is 0 Å². The van der Waals surface area contributed by atoms with Gasteiger partial charge in [0.15, 0.2) is 5.96 Å². The molecular weight excluding hydrogens is 563 g/mol. The molecule has 12 nitrogen and oxygen atoms in total. The number of carboxylic acids is 2. The molecule has 0 aliphatic carbocycles. The Morgan fingerprint density at radius 3 is 2.19 bits per heavy atom. The second-order valence-electron chi connectivity index (χ2n) is 8.91. The number of nitrogens with zero attached hydrogens (tertiary/aromatic N) is 3. The molecular formula is C27H34F3N5O7. The van der Waals surface area contributed by atoms with E-state index in [1.54, 1.807) is 38.5 Å². The smallest absolute Gasteiger partial charge is 0.490 e. The fraction of sp³-hybridized carbons (Fsp3) is 0.407. The Morgan fingerprint density at radius 1 is 1.00 bits per heavy atom. The number of halogens is 3. The van der Waals surface area contributed by atoms with Gasteiger partial charge in [-0.2, -0.15) is 13.2 Å². The van der Waals surface area contributed by atoms with Crippen LogP contribution in [0.4, 0.5) is 18.9 Å². The van der Waals surface area contributed by atoms with Gasteiger partial charge in [0.2, 0.25) is 5.91 Å². The van der Waals surface area contributed by atoms with Gasteiger partial charge in [0.1, 0.15) is 5.75 Å². The molecule has 230 valence electrons. The normalized spacial score (nSPS) is 13.9. The highest BCUT2D eigenvalue weighted by Gasteiger charge is 2.38. The number of hydrogen-bond donors (Lipinski definition) is 4. The molecule has 3 rings (SSSR count). The summed E-state index contributed by atoms with van der Waals surface area (Å²) in [6.07, 6.45) is -5.08. The number of nitrogens with one attached hydrogen (secondary N) is 2. The third kappa shape index (κ3) is 12.0. The number of aromatic carboxylic acids is 1. The highest BCUT2D eigenvalue weighted by Crippen LogP contribution is 2.16. The highest BCUT2D eigenvalue weighted by atomic mass is 19.4. The zero-order chi connectivity index (χ0) is 31.1. The molecule has 0 spiro atoms. The number of amides is 1. The van der Waals surface area contributed by atoms with Crippen molar-refractivity contribution in [3.8, 4) is 5.75 Å². The van der Waals surface area contributed by atoms with Gasteiger partial charge >= 0.3 is 18.1 Å².